The molecular formula is C12H18O3. The van der Waals surface area contributed by atoms with Crippen LogP contribution >= 0.6 is 0 Å². The molecule has 1 aliphatic heterocycles. The maximum atomic E-state index is 11.9. The number of Topliss-reactive ketones (excluding diaryl/α,β-unsaturated/α-hetero) is 1. The SMILES string of the molecule is CCO[C@@H]1OC2=C(C(=O)CC(C)C2)[C@@H]1C. The van der Waals surface area contributed by atoms with Crippen LogP contribution in [0.15, 0.2) is 11.3 Å². The van der Waals surface area contributed by atoms with Crippen molar-refractivity contribution in [3.05, 3.63) is 11.3 Å². The number of carbonyl (C=O) groups is 1. The van der Waals surface area contributed by atoms with Crippen LogP contribution in [0.2, 0.25) is 0 Å². The molecule has 15 heavy (non-hydrogen) atoms. The highest BCUT2D eigenvalue weighted by molar-refractivity contribution is 5.97. The van der Waals surface area contributed by atoms with Crippen LogP contribution in [0, 0.1) is 11.8 Å². The number of hydrogen-bond acceptors (Lipinski definition) is 3. The third-order valence-corrected chi connectivity index (χ3v) is 3.12. The molecule has 0 fully saturated rings. The molecule has 0 bridgehead atoms. The molecule has 0 saturated heterocycles. The molecule has 3 nitrogen and oxygen atoms in total. The minimum absolute atomic E-state index is 0.0972. The number of hydrogen-bond donors (Lipinski definition) is 0. The van der Waals surface area contributed by atoms with E-state index >= 15 is 0 Å². The number of allylic oxidation sites excluding steroid dienone is 1. The highest BCUT2D eigenvalue weighted by atomic mass is 16.7. The molecular weight excluding hydrogens is 192 g/mol. The van der Waals surface area contributed by atoms with E-state index in [2.05, 4.69) is 6.92 Å². The molecule has 2 aliphatic rings. The summed E-state index contributed by atoms with van der Waals surface area (Å²) in [4.78, 5) is 11.9. The van der Waals surface area contributed by atoms with Gasteiger partial charge in [-0.25, -0.2) is 0 Å². The van der Waals surface area contributed by atoms with Gasteiger partial charge in [-0.05, 0) is 12.8 Å². The second-order valence-electron chi connectivity index (χ2n) is 4.50. The maximum absolute atomic E-state index is 11.9. The standard InChI is InChI=1S/C12H18O3/c1-4-14-12-8(3)11-9(13)5-7(2)6-10(11)15-12/h7-8,12H,4-6H2,1-3H3/t7?,8-,12+/m0/s1. The molecule has 0 aromatic rings. The molecule has 0 aromatic carbocycles. The minimum atomic E-state index is -0.241. The molecule has 0 radical (unpaired) electrons. The molecule has 84 valence electrons. The van der Waals surface area contributed by atoms with Crippen LogP contribution in [0.25, 0.3) is 0 Å². The Kier molecular flexibility index (Phi) is 2.83. The molecule has 3 heteroatoms. The third kappa shape index (κ3) is 1.81. The summed E-state index contributed by atoms with van der Waals surface area (Å²) in [6.45, 7) is 6.66. The van der Waals surface area contributed by atoms with Crippen molar-refractivity contribution in [2.45, 2.75) is 39.9 Å². The molecule has 1 aliphatic carbocycles. The van der Waals surface area contributed by atoms with Gasteiger partial charge in [0.2, 0.25) is 6.29 Å². The van der Waals surface area contributed by atoms with Gasteiger partial charge in [0.15, 0.2) is 5.78 Å². The summed E-state index contributed by atoms with van der Waals surface area (Å²) in [5, 5.41) is 0. The van der Waals surface area contributed by atoms with Crippen molar-refractivity contribution in [3.8, 4) is 0 Å². The summed E-state index contributed by atoms with van der Waals surface area (Å²) in [5.41, 5.74) is 0.881. The van der Waals surface area contributed by atoms with Crippen LogP contribution in [0.4, 0.5) is 0 Å². The Balaban J connectivity index is 2.18. The number of rotatable bonds is 2. The van der Waals surface area contributed by atoms with Crippen molar-refractivity contribution in [3.63, 3.8) is 0 Å². The molecule has 1 unspecified atom stereocenters. The van der Waals surface area contributed by atoms with Crippen LogP contribution in [-0.2, 0) is 14.3 Å². The van der Waals surface area contributed by atoms with Gasteiger partial charge in [-0.1, -0.05) is 13.8 Å². The zero-order chi connectivity index (χ0) is 11.0. The van der Waals surface area contributed by atoms with E-state index in [0.29, 0.717) is 18.9 Å². The summed E-state index contributed by atoms with van der Waals surface area (Å²) in [6, 6.07) is 0. The van der Waals surface area contributed by atoms with E-state index in [-0.39, 0.29) is 18.0 Å². The highest BCUT2D eigenvalue weighted by Crippen LogP contribution is 2.40. The van der Waals surface area contributed by atoms with Gasteiger partial charge in [0, 0.05) is 25.0 Å². The van der Waals surface area contributed by atoms with Gasteiger partial charge < -0.3 is 9.47 Å². The fourth-order valence-electron chi connectivity index (χ4n) is 2.42. The van der Waals surface area contributed by atoms with Crippen LogP contribution in [0.1, 0.15) is 33.6 Å². The van der Waals surface area contributed by atoms with Crippen molar-refractivity contribution in [1.82, 2.24) is 0 Å². The Bertz CT molecular complexity index is 306. The first kappa shape index (κ1) is 10.7. The second kappa shape index (κ2) is 3.97. The van der Waals surface area contributed by atoms with Gasteiger partial charge in [0.05, 0.1) is 5.92 Å². The Hall–Kier alpha value is -0.830. The average Bonchev–Trinajstić information content (AvgIpc) is 2.43. The largest absolute Gasteiger partial charge is 0.468 e. The van der Waals surface area contributed by atoms with Gasteiger partial charge in [0.1, 0.15) is 5.76 Å². The Morgan fingerprint density at radius 3 is 2.80 bits per heavy atom. The summed E-state index contributed by atoms with van der Waals surface area (Å²) >= 11 is 0. The van der Waals surface area contributed by atoms with Crippen molar-refractivity contribution in [2.75, 3.05) is 6.61 Å². The monoisotopic (exact) mass is 210 g/mol. The minimum Gasteiger partial charge on any atom is -0.468 e. The van der Waals surface area contributed by atoms with Gasteiger partial charge in [0.25, 0.3) is 0 Å². The lowest BCUT2D eigenvalue weighted by molar-refractivity contribution is -0.121. The van der Waals surface area contributed by atoms with E-state index in [1.165, 1.54) is 0 Å². The smallest absolute Gasteiger partial charge is 0.206 e. The summed E-state index contributed by atoms with van der Waals surface area (Å²) < 4.78 is 11.2. The average molecular weight is 210 g/mol. The first-order valence-corrected chi connectivity index (χ1v) is 5.68. The molecule has 0 N–H and O–H groups in total. The molecule has 2 rings (SSSR count). The lowest BCUT2D eigenvalue weighted by atomic mass is 9.84. The van der Waals surface area contributed by atoms with E-state index in [1.807, 2.05) is 13.8 Å². The number of ether oxygens (including phenoxy) is 2. The quantitative estimate of drug-likeness (QED) is 0.701. The molecule has 0 aromatic heterocycles. The predicted octanol–water partition coefficient (Wildman–Crippen LogP) is 2.27. The molecule has 0 amide bonds. The lowest BCUT2D eigenvalue weighted by Gasteiger charge is -2.18. The molecule has 0 spiro atoms. The summed E-state index contributed by atoms with van der Waals surface area (Å²) in [6.07, 6.45) is 1.30. The van der Waals surface area contributed by atoms with E-state index in [9.17, 15) is 4.79 Å². The first-order chi connectivity index (χ1) is 7.13. The highest BCUT2D eigenvalue weighted by Gasteiger charge is 2.40. The van der Waals surface area contributed by atoms with Gasteiger partial charge in [-0.2, -0.15) is 0 Å². The summed E-state index contributed by atoms with van der Waals surface area (Å²) in [5.74, 6) is 1.63. The lowest BCUT2D eigenvalue weighted by Crippen LogP contribution is -2.22. The zero-order valence-electron chi connectivity index (χ0n) is 9.58. The van der Waals surface area contributed by atoms with Crippen molar-refractivity contribution in [1.29, 1.82) is 0 Å². The fourth-order valence-corrected chi connectivity index (χ4v) is 2.42. The van der Waals surface area contributed by atoms with Crippen molar-refractivity contribution in [2.24, 2.45) is 11.8 Å². The maximum Gasteiger partial charge on any atom is 0.206 e. The predicted molar refractivity (Wildman–Crippen MR) is 56.1 cm³/mol. The molecule has 3 atom stereocenters. The van der Waals surface area contributed by atoms with E-state index in [0.717, 1.165) is 17.8 Å². The zero-order valence-corrected chi connectivity index (χ0v) is 9.58. The number of carbonyl (C=O) groups excluding carboxylic acids is 1. The van der Waals surface area contributed by atoms with Gasteiger partial charge in [-0.3, -0.25) is 4.79 Å². The van der Waals surface area contributed by atoms with Crippen LogP contribution < -0.4 is 0 Å². The van der Waals surface area contributed by atoms with Crippen LogP contribution in [0.3, 0.4) is 0 Å². The number of ketones is 1. The van der Waals surface area contributed by atoms with E-state index in [4.69, 9.17) is 9.47 Å². The van der Waals surface area contributed by atoms with Crippen LogP contribution in [-0.4, -0.2) is 18.7 Å². The fraction of sp³-hybridized carbons (Fsp3) is 0.750. The van der Waals surface area contributed by atoms with E-state index < -0.39 is 0 Å². The second-order valence-corrected chi connectivity index (χ2v) is 4.50. The first-order valence-electron chi connectivity index (χ1n) is 5.68. The topological polar surface area (TPSA) is 35.5 Å². The Morgan fingerprint density at radius 1 is 1.40 bits per heavy atom. The van der Waals surface area contributed by atoms with Crippen molar-refractivity contribution >= 4 is 5.78 Å². The normalized spacial score (nSPS) is 35.4. The molecule has 0 saturated carbocycles. The Labute approximate surface area is 90.4 Å². The summed E-state index contributed by atoms with van der Waals surface area (Å²) in [7, 11) is 0. The van der Waals surface area contributed by atoms with E-state index in [1.54, 1.807) is 0 Å². The van der Waals surface area contributed by atoms with Gasteiger partial charge in [-0.15, -0.1) is 0 Å². The molecule has 1 heterocycles. The third-order valence-electron chi connectivity index (χ3n) is 3.12. The Morgan fingerprint density at radius 2 is 2.13 bits per heavy atom. The van der Waals surface area contributed by atoms with Crippen molar-refractivity contribution < 1.29 is 14.3 Å². The van der Waals surface area contributed by atoms with Gasteiger partial charge >= 0.3 is 0 Å². The van der Waals surface area contributed by atoms with Crippen LogP contribution in [0.5, 0.6) is 0 Å².